The highest BCUT2D eigenvalue weighted by atomic mass is 16.5. The SMILES string of the molecule is COc1cccc(C=C2CCc3c2oc2ccc(C(=O)O)cc2c3=O)c1OC. The van der Waals surface area contributed by atoms with Gasteiger partial charge in [-0.25, -0.2) is 4.79 Å². The van der Waals surface area contributed by atoms with Crippen LogP contribution in [0.25, 0.3) is 22.6 Å². The molecular weight excluding hydrogens is 360 g/mol. The lowest BCUT2D eigenvalue weighted by Crippen LogP contribution is -2.09. The van der Waals surface area contributed by atoms with Crippen molar-refractivity contribution in [3.63, 3.8) is 0 Å². The molecule has 0 saturated carbocycles. The highest BCUT2D eigenvalue weighted by molar-refractivity contribution is 5.94. The van der Waals surface area contributed by atoms with Gasteiger partial charge in [-0.3, -0.25) is 4.79 Å². The molecule has 0 radical (unpaired) electrons. The van der Waals surface area contributed by atoms with Gasteiger partial charge in [0.1, 0.15) is 11.3 Å². The van der Waals surface area contributed by atoms with Crippen molar-refractivity contribution in [1.29, 1.82) is 0 Å². The van der Waals surface area contributed by atoms with Crippen LogP contribution >= 0.6 is 0 Å². The Morgan fingerprint density at radius 3 is 2.68 bits per heavy atom. The Morgan fingerprint density at radius 2 is 1.96 bits per heavy atom. The normalized spacial score (nSPS) is 14.3. The van der Waals surface area contributed by atoms with Gasteiger partial charge < -0.3 is 19.0 Å². The van der Waals surface area contributed by atoms with Crippen molar-refractivity contribution in [3.05, 3.63) is 69.1 Å². The summed E-state index contributed by atoms with van der Waals surface area (Å²) in [5.41, 5.74) is 2.55. The van der Waals surface area contributed by atoms with E-state index in [0.29, 0.717) is 46.6 Å². The average molecular weight is 378 g/mol. The van der Waals surface area contributed by atoms with Gasteiger partial charge in [-0.05, 0) is 48.8 Å². The molecule has 0 aliphatic heterocycles. The van der Waals surface area contributed by atoms with E-state index in [1.54, 1.807) is 14.2 Å². The van der Waals surface area contributed by atoms with Crippen molar-refractivity contribution in [1.82, 2.24) is 0 Å². The summed E-state index contributed by atoms with van der Waals surface area (Å²) in [6.45, 7) is 0. The van der Waals surface area contributed by atoms with Crippen molar-refractivity contribution < 1.29 is 23.8 Å². The van der Waals surface area contributed by atoms with E-state index in [-0.39, 0.29) is 11.0 Å². The van der Waals surface area contributed by atoms with E-state index in [1.807, 2.05) is 24.3 Å². The minimum Gasteiger partial charge on any atom is -0.493 e. The molecule has 1 aromatic heterocycles. The monoisotopic (exact) mass is 378 g/mol. The van der Waals surface area contributed by atoms with E-state index in [9.17, 15) is 9.59 Å². The lowest BCUT2D eigenvalue weighted by Gasteiger charge is -2.11. The van der Waals surface area contributed by atoms with Gasteiger partial charge in [0.05, 0.1) is 25.2 Å². The summed E-state index contributed by atoms with van der Waals surface area (Å²) in [5, 5.41) is 9.45. The van der Waals surface area contributed by atoms with Crippen molar-refractivity contribution in [3.8, 4) is 11.5 Å². The molecule has 142 valence electrons. The number of allylic oxidation sites excluding steroid dienone is 1. The molecule has 0 spiro atoms. The third kappa shape index (κ3) is 2.83. The largest absolute Gasteiger partial charge is 0.493 e. The number of benzene rings is 2. The van der Waals surface area contributed by atoms with Crippen LogP contribution in [0.3, 0.4) is 0 Å². The molecule has 0 amide bonds. The van der Waals surface area contributed by atoms with Gasteiger partial charge in [0, 0.05) is 11.1 Å². The molecule has 1 heterocycles. The predicted octanol–water partition coefficient (Wildman–Crippen LogP) is 4.00. The average Bonchev–Trinajstić information content (AvgIpc) is 3.10. The lowest BCUT2D eigenvalue weighted by atomic mass is 10.1. The van der Waals surface area contributed by atoms with Crippen LogP contribution in [-0.2, 0) is 6.42 Å². The van der Waals surface area contributed by atoms with Gasteiger partial charge >= 0.3 is 5.97 Å². The second kappa shape index (κ2) is 6.88. The molecule has 0 atom stereocenters. The standard InChI is InChI=1S/C22H18O6/c1-26-18-5-3-4-12(21(18)27-2)10-13-6-8-15-19(23)16-11-14(22(24)25)7-9-17(16)28-20(13)15/h3-5,7,9-11H,6,8H2,1-2H3,(H,24,25). The first-order valence-electron chi connectivity index (χ1n) is 8.78. The molecule has 0 fully saturated rings. The number of rotatable bonds is 4. The van der Waals surface area contributed by atoms with Gasteiger partial charge in [-0.2, -0.15) is 0 Å². The summed E-state index contributed by atoms with van der Waals surface area (Å²) in [6, 6.07) is 9.93. The number of carboxylic acids is 1. The molecule has 1 N–H and O–H groups in total. The maximum absolute atomic E-state index is 12.9. The Bertz CT molecular complexity index is 1190. The van der Waals surface area contributed by atoms with Gasteiger partial charge in [-0.15, -0.1) is 0 Å². The Morgan fingerprint density at radius 1 is 1.14 bits per heavy atom. The van der Waals surface area contributed by atoms with Crippen LogP contribution < -0.4 is 14.9 Å². The maximum atomic E-state index is 12.9. The second-order valence-corrected chi connectivity index (χ2v) is 6.51. The van der Waals surface area contributed by atoms with E-state index in [4.69, 9.17) is 19.0 Å². The number of ether oxygens (including phenoxy) is 2. The fourth-order valence-electron chi connectivity index (χ4n) is 3.58. The molecule has 0 unspecified atom stereocenters. The van der Waals surface area contributed by atoms with Gasteiger partial charge in [0.15, 0.2) is 16.9 Å². The molecule has 6 heteroatoms. The molecule has 3 aromatic rings. The van der Waals surface area contributed by atoms with Gasteiger partial charge in [-0.1, -0.05) is 12.1 Å². The summed E-state index contributed by atoms with van der Waals surface area (Å²) in [6.07, 6.45) is 3.13. The Labute approximate surface area is 160 Å². The number of fused-ring (bicyclic) bond motifs is 2. The van der Waals surface area contributed by atoms with Crippen molar-refractivity contribution in [2.75, 3.05) is 14.2 Å². The van der Waals surface area contributed by atoms with Crippen molar-refractivity contribution in [2.45, 2.75) is 12.8 Å². The van der Waals surface area contributed by atoms with Crippen LogP contribution in [0.4, 0.5) is 0 Å². The number of methoxy groups -OCH3 is 2. The molecule has 0 bridgehead atoms. The quantitative estimate of drug-likeness (QED) is 0.739. The van der Waals surface area contributed by atoms with Gasteiger partial charge in [0.2, 0.25) is 0 Å². The number of carbonyl (C=O) groups is 1. The van der Waals surface area contributed by atoms with Crippen LogP contribution in [0.5, 0.6) is 11.5 Å². The lowest BCUT2D eigenvalue weighted by molar-refractivity contribution is 0.0697. The highest BCUT2D eigenvalue weighted by Crippen LogP contribution is 2.38. The van der Waals surface area contributed by atoms with Crippen LogP contribution in [-0.4, -0.2) is 25.3 Å². The van der Waals surface area contributed by atoms with Crippen LogP contribution in [0.2, 0.25) is 0 Å². The first-order valence-corrected chi connectivity index (χ1v) is 8.78. The zero-order valence-corrected chi connectivity index (χ0v) is 15.4. The van der Waals surface area contributed by atoms with Gasteiger partial charge in [0.25, 0.3) is 0 Å². The number of hydrogen-bond donors (Lipinski definition) is 1. The fraction of sp³-hybridized carbons (Fsp3) is 0.182. The summed E-state index contributed by atoms with van der Waals surface area (Å²) in [5.74, 6) is 0.703. The topological polar surface area (TPSA) is 86.0 Å². The fourth-order valence-corrected chi connectivity index (χ4v) is 3.58. The third-order valence-electron chi connectivity index (χ3n) is 4.93. The minimum atomic E-state index is -1.08. The first-order chi connectivity index (χ1) is 13.5. The van der Waals surface area contributed by atoms with E-state index in [0.717, 1.165) is 11.1 Å². The first kappa shape index (κ1) is 17.9. The minimum absolute atomic E-state index is 0.0645. The molecule has 1 aliphatic carbocycles. The summed E-state index contributed by atoms with van der Waals surface area (Å²) < 4.78 is 16.8. The Kier molecular flexibility index (Phi) is 4.39. The van der Waals surface area contributed by atoms with E-state index >= 15 is 0 Å². The third-order valence-corrected chi connectivity index (χ3v) is 4.93. The smallest absolute Gasteiger partial charge is 0.335 e. The molecule has 1 aliphatic rings. The molecular formula is C22H18O6. The van der Waals surface area contributed by atoms with Crippen molar-refractivity contribution >= 4 is 28.6 Å². The highest BCUT2D eigenvalue weighted by Gasteiger charge is 2.25. The molecule has 28 heavy (non-hydrogen) atoms. The predicted molar refractivity (Wildman–Crippen MR) is 105 cm³/mol. The molecule has 6 nitrogen and oxygen atoms in total. The van der Waals surface area contributed by atoms with Crippen molar-refractivity contribution in [2.24, 2.45) is 0 Å². The van der Waals surface area contributed by atoms with E-state index in [2.05, 4.69) is 0 Å². The number of para-hydroxylation sites is 1. The summed E-state index contributed by atoms with van der Waals surface area (Å²) in [7, 11) is 3.16. The van der Waals surface area contributed by atoms with Crippen LogP contribution in [0.1, 0.15) is 33.7 Å². The number of aromatic carboxylic acids is 1. The Balaban J connectivity index is 1.87. The van der Waals surface area contributed by atoms with E-state index in [1.165, 1.54) is 18.2 Å². The number of hydrogen-bond acceptors (Lipinski definition) is 5. The van der Waals surface area contributed by atoms with Crippen LogP contribution in [0, 0.1) is 0 Å². The molecule has 4 rings (SSSR count). The zero-order valence-electron chi connectivity index (χ0n) is 15.4. The maximum Gasteiger partial charge on any atom is 0.335 e. The second-order valence-electron chi connectivity index (χ2n) is 6.51. The zero-order chi connectivity index (χ0) is 19.8. The molecule has 0 saturated heterocycles. The Hall–Kier alpha value is -3.54. The summed E-state index contributed by atoms with van der Waals surface area (Å²) in [4.78, 5) is 24.1. The summed E-state index contributed by atoms with van der Waals surface area (Å²) >= 11 is 0. The van der Waals surface area contributed by atoms with E-state index < -0.39 is 5.97 Å². The number of carboxylic acid groups (broad SMARTS) is 1. The molecule has 2 aromatic carbocycles. The van der Waals surface area contributed by atoms with Crippen LogP contribution in [0.15, 0.2) is 45.6 Å².